The molecular formula is C17H29IN4O4S2. The standard InChI is InChI=1S/C17H28N4O4S2.HI/c1-17(2)14-21(10-12-26(17,22)23)16(18-3)19-9-11-27(24,25)20-13-15-7-5-4-6-8-15;/h4-8,20H,9-14H2,1-3H3,(H,18,19);1H. The second-order valence-electron chi connectivity index (χ2n) is 7.10. The van der Waals surface area contributed by atoms with E-state index >= 15 is 0 Å². The number of hydrogen-bond acceptors (Lipinski definition) is 5. The van der Waals surface area contributed by atoms with Gasteiger partial charge >= 0.3 is 0 Å². The van der Waals surface area contributed by atoms with Crippen molar-refractivity contribution in [1.29, 1.82) is 0 Å². The summed E-state index contributed by atoms with van der Waals surface area (Å²) in [5.41, 5.74) is 0.890. The van der Waals surface area contributed by atoms with Gasteiger partial charge in [-0.2, -0.15) is 0 Å². The monoisotopic (exact) mass is 544 g/mol. The van der Waals surface area contributed by atoms with Crippen LogP contribution >= 0.6 is 24.0 Å². The first kappa shape index (κ1) is 25.1. The van der Waals surface area contributed by atoms with E-state index in [1.54, 1.807) is 20.9 Å². The predicted octanol–water partition coefficient (Wildman–Crippen LogP) is 0.808. The number of sulfonamides is 1. The van der Waals surface area contributed by atoms with Gasteiger partial charge in [0.1, 0.15) is 0 Å². The highest BCUT2D eigenvalue weighted by atomic mass is 127. The first-order valence-corrected chi connectivity index (χ1v) is 12.1. The Morgan fingerprint density at radius 2 is 1.89 bits per heavy atom. The first-order chi connectivity index (χ1) is 12.6. The SMILES string of the molecule is CN=C(NCCS(=O)(=O)NCc1ccccc1)N1CCS(=O)(=O)C(C)(C)C1.I. The van der Waals surface area contributed by atoms with Gasteiger partial charge in [0.05, 0.1) is 16.3 Å². The summed E-state index contributed by atoms with van der Waals surface area (Å²) < 4.78 is 50.2. The van der Waals surface area contributed by atoms with E-state index in [-0.39, 0.29) is 48.6 Å². The molecule has 1 aromatic rings. The Bertz CT molecular complexity index is 872. The second-order valence-corrected chi connectivity index (χ2v) is 11.8. The number of aliphatic imine (C=N–C) groups is 1. The van der Waals surface area contributed by atoms with Crippen LogP contribution in [0.5, 0.6) is 0 Å². The molecule has 2 rings (SSSR count). The van der Waals surface area contributed by atoms with Crippen molar-refractivity contribution in [1.82, 2.24) is 14.9 Å². The maximum Gasteiger partial charge on any atom is 0.213 e. The quantitative estimate of drug-likeness (QED) is 0.312. The Kier molecular flexibility index (Phi) is 9.16. The van der Waals surface area contributed by atoms with E-state index in [9.17, 15) is 16.8 Å². The molecule has 0 radical (unpaired) electrons. The number of halogens is 1. The molecule has 28 heavy (non-hydrogen) atoms. The molecule has 0 aliphatic carbocycles. The lowest BCUT2D eigenvalue weighted by molar-refractivity contribution is 0.354. The first-order valence-electron chi connectivity index (χ1n) is 8.75. The van der Waals surface area contributed by atoms with Crippen molar-refractivity contribution in [3.63, 3.8) is 0 Å². The zero-order chi connectivity index (χ0) is 20.1. The summed E-state index contributed by atoms with van der Waals surface area (Å²) in [5, 5.41) is 3.02. The van der Waals surface area contributed by atoms with Crippen LogP contribution in [0, 0.1) is 0 Å². The number of nitrogens with one attached hydrogen (secondary N) is 2. The number of hydrogen-bond donors (Lipinski definition) is 2. The minimum atomic E-state index is -3.44. The van der Waals surface area contributed by atoms with Gasteiger partial charge in [-0.05, 0) is 19.4 Å². The van der Waals surface area contributed by atoms with Gasteiger partial charge in [-0.15, -0.1) is 24.0 Å². The molecule has 1 aliphatic heterocycles. The summed E-state index contributed by atoms with van der Waals surface area (Å²) in [6, 6.07) is 9.30. The third-order valence-corrected chi connectivity index (χ3v) is 8.41. The maximum atomic E-state index is 12.2. The average molecular weight is 544 g/mol. The van der Waals surface area contributed by atoms with Crippen LogP contribution in [0.1, 0.15) is 19.4 Å². The Labute approximate surface area is 185 Å². The molecule has 2 N–H and O–H groups in total. The number of sulfone groups is 1. The van der Waals surface area contributed by atoms with Gasteiger partial charge in [0.25, 0.3) is 0 Å². The smallest absolute Gasteiger partial charge is 0.213 e. The van der Waals surface area contributed by atoms with Crippen LogP contribution in [0.15, 0.2) is 35.3 Å². The molecule has 0 aromatic heterocycles. The average Bonchev–Trinajstić information content (AvgIpc) is 2.61. The van der Waals surface area contributed by atoms with E-state index in [1.807, 2.05) is 35.2 Å². The van der Waals surface area contributed by atoms with Crippen molar-refractivity contribution in [2.45, 2.75) is 25.1 Å². The molecular weight excluding hydrogens is 515 g/mol. The van der Waals surface area contributed by atoms with E-state index in [4.69, 9.17) is 0 Å². The Morgan fingerprint density at radius 3 is 2.46 bits per heavy atom. The van der Waals surface area contributed by atoms with Gasteiger partial charge in [-0.25, -0.2) is 21.6 Å². The topological polar surface area (TPSA) is 108 Å². The fourth-order valence-corrected chi connectivity index (χ4v) is 5.08. The fraction of sp³-hybridized carbons (Fsp3) is 0.588. The molecule has 0 spiro atoms. The van der Waals surface area contributed by atoms with Crippen molar-refractivity contribution in [3.8, 4) is 0 Å². The summed E-state index contributed by atoms with van der Waals surface area (Å²) in [6.45, 7) is 4.47. The molecule has 0 saturated carbocycles. The molecule has 1 saturated heterocycles. The van der Waals surface area contributed by atoms with Gasteiger partial charge in [0.2, 0.25) is 10.0 Å². The Balaban J connectivity index is 0.00000392. The number of benzene rings is 1. The van der Waals surface area contributed by atoms with Gasteiger partial charge in [-0.1, -0.05) is 30.3 Å². The summed E-state index contributed by atoms with van der Waals surface area (Å²) >= 11 is 0. The number of rotatable bonds is 6. The Morgan fingerprint density at radius 1 is 1.25 bits per heavy atom. The van der Waals surface area contributed by atoms with Gasteiger partial charge in [0.15, 0.2) is 15.8 Å². The fourth-order valence-electron chi connectivity index (χ4n) is 2.82. The maximum absolute atomic E-state index is 12.2. The van der Waals surface area contributed by atoms with Crippen LogP contribution in [0.25, 0.3) is 0 Å². The molecule has 0 atom stereocenters. The van der Waals surface area contributed by atoms with Crippen molar-refractivity contribution in [3.05, 3.63) is 35.9 Å². The lowest BCUT2D eigenvalue weighted by Crippen LogP contribution is -2.57. The van der Waals surface area contributed by atoms with Crippen LogP contribution in [-0.2, 0) is 26.4 Å². The van der Waals surface area contributed by atoms with Crippen molar-refractivity contribution >= 4 is 49.8 Å². The molecule has 160 valence electrons. The van der Waals surface area contributed by atoms with Gasteiger partial charge in [-0.3, -0.25) is 4.99 Å². The predicted molar refractivity (Wildman–Crippen MR) is 123 cm³/mol. The van der Waals surface area contributed by atoms with Crippen molar-refractivity contribution in [2.75, 3.05) is 38.2 Å². The third-order valence-electron chi connectivity index (χ3n) is 4.55. The summed E-state index contributed by atoms with van der Waals surface area (Å²) in [5.74, 6) is 0.461. The highest BCUT2D eigenvalue weighted by molar-refractivity contribution is 14.0. The molecule has 1 fully saturated rings. The van der Waals surface area contributed by atoms with E-state index in [2.05, 4.69) is 15.0 Å². The summed E-state index contributed by atoms with van der Waals surface area (Å²) in [4.78, 5) is 6.01. The van der Waals surface area contributed by atoms with Crippen LogP contribution in [-0.4, -0.2) is 70.6 Å². The second kappa shape index (κ2) is 10.2. The molecule has 11 heteroatoms. The highest BCUT2D eigenvalue weighted by Gasteiger charge is 2.40. The van der Waals surface area contributed by atoms with Crippen LogP contribution in [0.3, 0.4) is 0 Å². The van der Waals surface area contributed by atoms with E-state index in [0.717, 1.165) is 5.56 Å². The minimum Gasteiger partial charge on any atom is -0.355 e. The highest BCUT2D eigenvalue weighted by Crippen LogP contribution is 2.23. The van der Waals surface area contributed by atoms with Gasteiger partial charge in [0, 0.05) is 33.2 Å². The van der Waals surface area contributed by atoms with E-state index in [0.29, 0.717) is 19.0 Å². The summed E-state index contributed by atoms with van der Waals surface area (Å²) in [7, 11) is -4.98. The van der Waals surface area contributed by atoms with Crippen LogP contribution < -0.4 is 10.0 Å². The lowest BCUT2D eigenvalue weighted by Gasteiger charge is -2.39. The number of guanidine groups is 1. The molecule has 0 bridgehead atoms. The van der Waals surface area contributed by atoms with Gasteiger partial charge < -0.3 is 10.2 Å². The number of nitrogens with zero attached hydrogens (tertiary/aromatic N) is 2. The normalized spacial score (nSPS) is 19.0. The minimum absolute atomic E-state index is 0. The zero-order valence-electron chi connectivity index (χ0n) is 16.4. The van der Waals surface area contributed by atoms with Crippen LogP contribution in [0.2, 0.25) is 0 Å². The zero-order valence-corrected chi connectivity index (χ0v) is 20.3. The summed E-state index contributed by atoms with van der Waals surface area (Å²) in [6.07, 6.45) is 0. The van der Waals surface area contributed by atoms with Crippen molar-refractivity contribution in [2.24, 2.45) is 4.99 Å². The lowest BCUT2D eigenvalue weighted by atomic mass is 10.2. The third kappa shape index (κ3) is 6.85. The molecule has 1 heterocycles. The molecule has 0 unspecified atom stereocenters. The molecule has 1 aromatic carbocycles. The van der Waals surface area contributed by atoms with E-state index in [1.165, 1.54) is 0 Å². The van der Waals surface area contributed by atoms with Crippen molar-refractivity contribution < 1.29 is 16.8 Å². The van der Waals surface area contributed by atoms with Crippen LogP contribution in [0.4, 0.5) is 0 Å². The Hall–Kier alpha value is -0.920. The van der Waals surface area contributed by atoms with E-state index < -0.39 is 24.6 Å². The molecule has 0 amide bonds. The molecule has 1 aliphatic rings. The largest absolute Gasteiger partial charge is 0.355 e. The molecule has 8 nitrogen and oxygen atoms in total.